The van der Waals surface area contributed by atoms with Crippen LogP contribution in [0.25, 0.3) is 0 Å². The maximum atomic E-state index is 12.0. The smallest absolute Gasteiger partial charge is 0.262 e. The van der Waals surface area contributed by atoms with Crippen LogP contribution in [0, 0.1) is 25.2 Å². The number of nitriles is 1. The summed E-state index contributed by atoms with van der Waals surface area (Å²) in [5.74, 6) is -0.349. The van der Waals surface area contributed by atoms with E-state index < -0.39 is 15.7 Å². The van der Waals surface area contributed by atoms with Crippen LogP contribution in [-0.4, -0.2) is 42.3 Å². The molecule has 3 rings (SSSR count). The fourth-order valence-corrected chi connectivity index (χ4v) is 7.14. The van der Waals surface area contributed by atoms with E-state index in [1.165, 1.54) is 11.8 Å². The van der Waals surface area contributed by atoms with Crippen molar-refractivity contribution in [1.29, 1.82) is 5.26 Å². The number of anilines is 1. The minimum absolute atomic E-state index is 0.0594. The molecular formula is C16H17N3O3S2. The maximum absolute atomic E-state index is 12.0. The van der Waals surface area contributed by atoms with E-state index in [1.54, 1.807) is 6.07 Å². The van der Waals surface area contributed by atoms with Crippen molar-refractivity contribution in [2.24, 2.45) is 4.99 Å². The first-order chi connectivity index (χ1) is 11.3. The molecule has 0 saturated carbocycles. The molecule has 0 radical (unpaired) electrons. The van der Waals surface area contributed by atoms with Crippen molar-refractivity contribution in [2.45, 2.75) is 31.6 Å². The number of para-hydroxylation sites is 1. The van der Waals surface area contributed by atoms with Crippen LogP contribution in [0.15, 0.2) is 23.2 Å². The summed E-state index contributed by atoms with van der Waals surface area (Å²) in [7, 11) is -3.09. The summed E-state index contributed by atoms with van der Waals surface area (Å²) < 4.78 is 24.1. The highest BCUT2D eigenvalue weighted by Crippen LogP contribution is 2.43. The molecule has 2 heterocycles. The second-order valence-electron chi connectivity index (χ2n) is 6.03. The highest BCUT2D eigenvalue weighted by molar-refractivity contribution is 8.16. The average molecular weight is 363 g/mol. The first kappa shape index (κ1) is 17.0. The maximum Gasteiger partial charge on any atom is 0.262 e. The standard InChI is InChI=1S/C16H17N3O3S2/c1-10-4-3-5-11(2)15(10)19-12-8-24(21,22)9-13(12)23-16(19)18-14(20)6-7-17/h3-5,12-13H,6,8-9H2,1-2H3. The molecule has 2 fully saturated rings. The number of hydrogen-bond donors (Lipinski definition) is 0. The predicted molar refractivity (Wildman–Crippen MR) is 94.9 cm³/mol. The quantitative estimate of drug-likeness (QED) is 0.796. The van der Waals surface area contributed by atoms with Crippen LogP contribution in [0.4, 0.5) is 5.69 Å². The van der Waals surface area contributed by atoms with Gasteiger partial charge in [0.2, 0.25) is 0 Å². The van der Waals surface area contributed by atoms with Gasteiger partial charge in [0.1, 0.15) is 6.42 Å². The molecule has 1 aromatic carbocycles. The van der Waals surface area contributed by atoms with Gasteiger partial charge in [0.15, 0.2) is 15.0 Å². The fraction of sp³-hybridized carbons (Fsp3) is 0.438. The summed E-state index contributed by atoms with van der Waals surface area (Å²) >= 11 is 1.32. The van der Waals surface area contributed by atoms with Gasteiger partial charge in [-0.3, -0.25) is 4.79 Å². The Morgan fingerprint density at radius 2 is 2.04 bits per heavy atom. The third kappa shape index (κ3) is 3.06. The molecule has 0 spiro atoms. The summed E-state index contributed by atoms with van der Waals surface area (Å²) in [5.41, 5.74) is 2.90. The molecule has 2 unspecified atom stereocenters. The lowest BCUT2D eigenvalue weighted by molar-refractivity contribution is -0.116. The number of benzene rings is 1. The van der Waals surface area contributed by atoms with Gasteiger partial charge in [-0.1, -0.05) is 30.0 Å². The van der Waals surface area contributed by atoms with Gasteiger partial charge < -0.3 is 4.90 Å². The number of aliphatic imine (C=N–C) groups is 1. The molecule has 126 valence electrons. The van der Waals surface area contributed by atoms with Crippen LogP contribution < -0.4 is 4.90 Å². The minimum atomic E-state index is -3.09. The van der Waals surface area contributed by atoms with Crippen molar-refractivity contribution in [1.82, 2.24) is 0 Å². The van der Waals surface area contributed by atoms with Crippen molar-refractivity contribution >= 4 is 38.4 Å². The predicted octanol–water partition coefficient (Wildman–Crippen LogP) is 1.82. The van der Waals surface area contributed by atoms with Crippen molar-refractivity contribution < 1.29 is 13.2 Å². The Morgan fingerprint density at radius 3 is 2.67 bits per heavy atom. The molecule has 0 bridgehead atoms. The summed E-state index contributed by atoms with van der Waals surface area (Å²) in [4.78, 5) is 17.8. The third-order valence-electron chi connectivity index (χ3n) is 4.20. The van der Waals surface area contributed by atoms with E-state index in [0.29, 0.717) is 5.17 Å². The number of amidine groups is 1. The number of hydrogen-bond acceptors (Lipinski definition) is 5. The van der Waals surface area contributed by atoms with Crippen LogP contribution in [0.5, 0.6) is 0 Å². The molecule has 1 aromatic rings. The van der Waals surface area contributed by atoms with E-state index in [0.717, 1.165) is 16.8 Å². The number of sulfone groups is 1. The molecule has 2 aliphatic rings. The van der Waals surface area contributed by atoms with Crippen molar-refractivity contribution in [3.63, 3.8) is 0 Å². The first-order valence-corrected chi connectivity index (χ1v) is 10.2. The molecule has 0 N–H and O–H groups in total. The minimum Gasteiger partial charge on any atom is -0.315 e. The lowest BCUT2D eigenvalue weighted by Gasteiger charge is -2.27. The number of carbonyl (C=O) groups excluding carboxylic acids is 1. The van der Waals surface area contributed by atoms with Crippen LogP contribution in [0.2, 0.25) is 0 Å². The Morgan fingerprint density at radius 1 is 1.38 bits per heavy atom. The Labute approximate surface area is 145 Å². The third-order valence-corrected chi connectivity index (χ3v) is 7.41. The molecule has 24 heavy (non-hydrogen) atoms. The summed E-state index contributed by atoms with van der Waals surface area (Å²) in [6.45, 7) is 3.91. The molecule has 8 heteroatoms. The Balaban J connectivity index is 2.09. The van der Waals surface area contributed by atoms with Gasteiger partial charge in [-0.25, -0.2) is 8.42 Å². The normalized spacial score (nSPS) is 26.4. The molecule has 0 aliphatic carbocycles. The Kier molecular flexibility index (Phi) is 4.40. The molecule has 2 aliphatic heterocycles. The average Bonchev–Trinajstić information content (AvgIpc) is 2.92. The molecule has 1 amide bonds. The van der Waals surface area contributed by atoms with Gasteiger partial charge in [-0.15, -0.1) is 0 Å². The number of aryl methyl sites for hydroxylation is 2. The van der Waals surface area contributed by atoms with Crippen molar-refractivity contribution in [3.8, 4) is 6.07 Å². The molecule has 0 aromatic heterocycles. The fourth-order valence-electron chi connectivity index (χ4n) is 3.23. The number of fused-ring (bicyclic) bond motifs is 1. The highest BCUT2D eigenvalue weighted by Gasteiger charge is 2.49. The summed E-state index contributed by atoms with van der Waals surface area (Å²) in [5, 5.41) is 9.03. The van der Waals surface area contributed by atoms with E-state index in [-0.39, 0.29) is 29.2 Å². The zero-order valence-electron chi connectivity index (χ0n) is 13.4. The second kappa shape index (κ2) is 6.22. The van der Waals surface area contributed by atoms with Crippen LogP contribution in [0.3, 0.4) is 0 Å². The van der Waals surface area contributed by atoms with Gasteiger partial charge >= 0.3 is 0 Å². The lowest BCUT2D eigenvalue weighted by atomic mass is 10.1. The van der Waals surface area contributed by atoms with Crippen LogP contribution in [0.1, 0.15) is 17.5 Å². The number of thioether (sulfide) groups is 1. The van der Waals surface area contributed by atoms with Crippen LogP contribution >= 0.6 is 11.8 Å². The van der Waals surface area contributed by atoms with E-state index >= 15 is 0 Å². The van der Waals surface area contributed by atoms with Gasteiger partial charge in [0.05, 0.1) is 23.6 Å². The van der Waals surface area contributed by atoms with Gasteiger partial charge in [-0.05, 0) is 25.0 Å². The number of amides is 1. The molecular weight excluding hydrogens is 346 g/mol. The lowest BCUT2D eigenvalue weighted by Crippen LogP contribution is -2.38. The molecule has 2 atom stereocenters. The molecule has 2 saturated heterocycles. The monoisotopic (exact) mass is 363 g/mol. The SMILES string of the molecule is Cc1cccc(C)c1N1C(=NC(=O)CC#N)SC2CS(=O)(=O)CC21. The van der Waals surface area contributed by atoms with Gasteiger partial charge in [-0.2, -0.15) is 10.3 Å². The number of rotatable bonds is 2. The highest BCUT2D eigenvalue weighted by atomic mass is 32.2. The first-order valence-electron chi connectivity index (χ1n) is 7.53. The number of carbonyl (C=O) groups is 1. The summed E-state index contributed by atoms with van der Waals surface area (Å²) in [6, 6.07) is 7.43. The van der Waals surface area contributed by atoms with E-state index in [9.17, 15) is 13.2 Å². The zero-order valence-corrected chi connectivity index (χ0v) is 15.0. The second-order valence-corrected chi connectivity index (χ2v) is 9.39. The topological polar surface area (TPSA) is 90.6 Å². The molecule has 6 nitrogen and oxygen atoms in total. The van der Waals surface area contributed by atoms with Crippen LogP contribution in [-0.2, 0) is 14.6 Å². The van der Waals surface area contributed by atoms with E-state index in [4.69, 9.17) is 5.26 Å². The largest absolute Gasteiger partial charge is 0.315 e. The van der Waals surface area contributed by atoms with E-state index in [2.05, 4.69) is 4.99 Å². The summed E-state index contributed by atoms with van der Waals surface area (Å²) in [6.07, 6.45) is -0.279. The van der Waals surface area contributed by atoms with Crippen molar-refractivity contribution in [2.75, 3.05) is 16.4 Å². The Hall–Kier alpha value is -1.85. The van der Waals surface area contributed by atoms with Gasteiger partial charge in [0, 0.05) is 10.9 Å². The van der Waals surface area contributed by atoms with Crippen molar-refractivity contribution in [3.05, 3.63) is 29.3 Å². The zero-order chi connectivity index (χ0) is 17.5. The van der Waals surface area contributed by atoms with E-state index in [1.807, 2.05) is 36.9 Å². The van der Waals surface area contributed by atoms with Gasteiger partial charge in [0.25, 0.3) is 5.91 Å². The Bertz CT molecular complexity index is 851. The number of nitrogens with zero attached hydrogens (tertiary/aromatic N) is 3.